The van der Waals surface area contributed by atoms with Crippen molar-refractivity contribution >= 4 is 5.91 Å². The van der Waals surface area contributed by atoms with Gasteiger partial charge in [-0.15, -0.1) is 0 Å². The van der Waals surface area contributed by atoms with Gasteiger partial charge >= 0.3 is 0 Å². The number of piperidine rings is 1. The lowest BCUT2D eigenvalue weighted by Crippen LogP contribution is -2.47. The van der Waals surface area contributed by atoms with Crippen LogP contribution < -0.4 is 0 Å². The molecule has 1 fully saturated rings. The molecule has 1 aromatic rings. The molecule has 0 aromatic carbocycles. The Kier molecular flexibility index (Phi) is 4.78. The smallest absolute Gasteiger partial charge is 0.222 e. The number of aryl methyl sites for hydroxylation is 2. The third kappa shape index (κ3) is 3.17. The van der Waals surface area contributed by atoms with E-state index in [0.717, 1.165) is 18.5 Å². The fourth-order valence-electron chi connectivity index (χ4n) is 3.57. The van der Waals surface area contributed by atoms with Gasteiger partial charge in [-0.2, -0.15) is 5.10 Å². The predicted octanol–water partition coefficient (Wildman–Crippen LogP) is 0.423. The third-order valence-electron chi connectivity index (χ3n) is 5.00. The van der Waals surface area contributed by atoms with E-state index in [-0.39, 0.29) is 18.4 Å². The van der Waals surface area contributed by atoms with Crippen LogP contribution in [-0.4, -0.2) is 57.0 Å². The van der Waals surface area contributed by atoms with Gasteiger partial charge in [0, 0.05) is 37.5 Å². The van der Waals surface area contributed by atoms with Gasteiger partial charge in [-0.25, -0.2) is 0 Å². The topological polar surface area (TPSA) is 89.5 Å². The van der Waals surface area contributed by atoms with E-state index in [1.54, 1.807) is 4.90 Å². The minimum absolute atomic E-state index is 0.0716. The second-order valence-corrected chi connectivity index (χ2v) is 6.47. The van der Waals surface area contributed by atoms with Gasteiger partial charge in [0.2, 0.25) is 5.91 Å². The van der Waals surface area contributed by atoms with Gasteiger partial charge in [0.1, 0.15) is 0 Å². The zero-order valence-corrected chi connectivity index (χ0v) is 12.9. The molecule has 22 heavy (non-hydrogen) atoms. The molecule has 3 N–H and O–H groups in total. The number of aromatic amines is 1. The second-order valence-electron chi connectivity index (χ2n) is 6.47. The van der Waals surface area contributed by atoms with E-state index >= 15 is 0 Å². The van der Waals surface area contributed by atoms with Crippen LogP contribution in [0.4, 0.5) is 0 Å². The molecule has 1 aromatic heterocycles. The van der Waals surface area contributed by atoms with Crippen LogP contribution in [0.5, 0.6) is 0 Å². The fraction of sp³-hybridized carbons (Fsp3) is 0.750. The molecule has 0 saturated carbocycles. The first-order valence-electron chi connectivity index (χ1n) is 8.30. The van der Waals surface area contributed by atoms with Crippen LogP contribution >= 0.6 is 0 Å². The first-order chi connectivity index (χ1) is 10.7. The highest BCUT2D eigenvalue weighted by molar-refractivity contribution is 5.76. The molecule has 0 radical (unpaired) electrons. The number of aromatic nitrogens is 2. The van der Waals surface area contributed by atoms with Crippen molar-refractivity contribution in [2.45, 2.75) is 51.0 Å². The maximum Gasteiger partial charge on any atom is 0.222 e. The molecular weight excluding hydrogens is 282 g/mol. The molecule has 0 spiro atoms. The Morgan fingerprint density at radius 1 is 1.36 bits per heavy atom. The SMILES string of the molecule is O=C(CCc1n[nH]c2c1CCCC2)N1CC[C@H](O)[C@H](CO)C1. The van der Waals surface area contributed by atoms with E-state index in [1.807, 2.05) is 0 Å². The maximum absolute atomic E-state index is 12.4. The molecule has 2 aliphatic rings. The monoisotopic (exact) mass is 307 g/mol. The third-order valence-corrected chi connectivity index (χ3v) is 5.00. The van der Waals surface area contributed by atoms with Crippen LogP contribution in [0, 0.1) is 5.92 Å². The predicted molar refractivity (Wildman–Crippen MR) is 81.3 cm³/mol. The Labute approximate surface area is 130 Å². The first-order valence-corrected chi connectivity index (χ1v) is 8.30. The summed E-state index contributed by atoms with van der Waals surface area (Å²) < 4.78 is 0. The summed E-state index contributed by atoms with van der Waals surface area (Å²) in [5.41, 5.74) is 3.61. The van der Waals surface area contributed by atoms with Crippen LogP contribution in [0.2, 0.25) is 0 Å². The molecule has 3 rings (SSSR count). The first kappa shape index (κ1) is 15.5. The van der Waals surface area contributed by atoms with Crippen molar-refractivity contribution in [3.63, 3.8) is 0 Å². The summed E-state index contributed by atoms with van der Waals surface area (Å²) in [6.45, 7) is 0.960. The summed E-state index contributed by atoms with van der Waals surface area (Å²) in [5, 5.41) is 26.5. The Morgan fingerprint density at radius 2 is 2.18 bits per heavy atom. The van der Waals surface area contributed by atoms with Crippen LogP contribution in [-0.2, 0) is 24.1 Å². The van der Waals surface area contributed by atoms with E-state index in [0.29, 0.717) is 32.4 Å². The number of hydrogen-bond donors (Lipinski definition) is 3. The fourth-order valence-corrected chi connectivity index (χ4v) is 3.57. The number of amides is 1. The number of likely N-dealkylation sites (tertiary alicyclic amines) is 1. The van der Waals surface area contributed by atoms with Crippen molar-refractivity contribution in [2.75, 3.05) is 19.7 Å². The van der Waals surface area contributed by atoms with Gasteiger partial charge in [-0.1, -0.05) is 0 Å². The molecule has 0 unspecified atom stereocenters. The van der Waals surface area contributed by atoms with E-state index in [1.165, 1.54) is 24.1 Å². The number of H-pyrrole nitrogens is 1. The quantitative estimate of drug-likeness (QED) is 0.752. The Morgan fingerprint density at radius 3 is 3.00 bits per heavy atom. The van der Waals surface area contributed by atoms with Gasteiger partial charge in [0.25, 0.3) is 0 Å². The highest BCUT2D eigenvalue weighted by Gasteiger charge is 2.29. The molecule has 6 heteroatoms. The molecular formula is C16H25N3O3. The molecule has 6 nitrogen and oxygen atoms in total. The number of nitrogens with one attached hydrogen (secondary N) is 1. The van der Waals surface area contributed by atoms with E-state index in [4.69, 9.17) is 0 Å². The molecule has 1 aliphatic carbocycles. The highest BCUT2D eigenvalue weighted by atomic mass is 16.3. The summed E-state index contributed by atoms with van der Waals surface area (Å²) in [4.78, 5) is 14.1. The van der Waals surface area contributed by atoms with E-state index in [2.05, 4.69) is 10.2 Å². The van der Waals surface area contributed by atoms with E-state index < -0.39 is 6.10 Å². The molecule has 0 bridgehead atoms. The Hall–Kier alpha value is -1.40. The lowest BCUT2D eigenvalue weighted by Gasteiger charge is -2.35. The molecule has 1 aliphatic heterocycles. The zero-order valence-electron chi connectivity index (χ0n) is 12.9. The Balaban J connectivity index is 1.55. The standard InChI is InChI=1S/C16H25N3O3/c20-10-11-9-19(8-7-15(11)21)16(22)6-5-14-12-3-1-2-4-13(12)17-18-14/h11,15,20-21H,1-10H2,(H,17,18)/t11-,15-/m0/s1. The van der Waals surface area contributed by atoms with Gasteiger partial charge in [-0.05, 0) is 37.7 Å². The van der Waals surface area contributed by atoms with Crippen LogP contribution in [0.25, 0.3) is 0 Å². The number of hydrogen-bond acceptors (Lipinski definition) is 4. The Bertz CT molecular complexity index is 529. The number of fused-ring (bicyclic) bond motifs is 1. The summed E-state index contributed by atoms with van der Waals surface area (Å²) in [7, 11) is 0. The number of rotatable bonds is 4. The normalized spacial score (nSPS) is 25.1. The lowest BCUT2D eigenvalue weighted by atomic mass is 9.94. The largest absolute Gasteiger partial charge is 0.396 e. The highest BCUT2D eigenvalue weighted by Crippen LogP contribution is 2.23. The summed E-state index contributed by atoms with van der Waals surface area (Å²) >= 11 is 0. The van der Waals surface area contributed by atoms with Crippen molar-refractivity contribution in [1.29, 1.82) is 0 Å². The van der Waals surface area contributed by atoms with Crippen molar-refractivity contribution in [1.82, 2.24) is 15.1 Å². The molecule has 1 amide bonds. The van der Waals surface area contributed by atoms with Crippen LogP contribution in [0.1, 0.15) is 42.6 Å². The maximum atomic E-state index is 12.4. The molecule has 1 saturated heterocycles. The lowest BCUT2D eigenvalue weighted by molar-refractivity contribution is -0.135. The number of aliphatic hydroxyl groups excluding tert-OH is 2. The van der Waals surface area contributed by atoms with Crippen molar-refractivity contribution in [3.8, 4) is 0 Å². The molecule has 122 valence electrons. The van der Waals surface area contributed by atoms with Gasteiger partial charge in [0.05, 0.1) is 18.4 Å². The number of carbonyl (C=O) groups is 1. The van der Waals surface area contributed by atoms with Gasteiger partial charge in [0.15, 0.2) is 0 Å². The van der Waals surface area contributed by atoms with Crippen molar-refractivity contribution in [3.05, 3.63) is 17.0 Å². The second kappa shape index (κ2) is 6.79. The van der Waals surface area contributed by atoms with Crippen molar-refractivity contribution in [2.24, 2.45) is 5.92 Å². The molecule has 2 heterocycles. The average Bonchev–Trinajstić information content (AvgIpc) is 2.96. The van der Waals surface area contributed by atoms with Gasteiger partial charge in [-0.3, -0.25) is 9.89 Å². The molecule has 2 atom stereocenters. The van der Waals surface area contributed by atoms with Crippen LogP contribution in [0.3, 0.4) is 0 Å². The zero-order chi connectivity index (χ0) is 15.5. The minimum Gasteiger partial charge on any atom is -0.396 e. The van der Waals surface area contributed by atoms with Gasteiger partial charge < -0.3 is 15.1 Å². The minimum atomic E-state index is -0.493. The number of nitrogens with zero attached hydrogens (tertiary/aromatic N) is 2. The summed E-state index contributed by atoms with van der Waals surface area (Å²) in [6, 6.07) is 0. The number of aliphatic hydroxyl groups is 2. The summed E-state index contributed by atoms with van der Waals surface area (Å²) in [6.07, 6.45) is 5.74. The van der Waals surface area contributed by atoms with Crippen molar-refractivity contribution < 1.29 is 15.0 Å². The van der Waals surface area contributed by atoms with Crippen LogP contribution in [0.15, 0.2) is 0 Å². The number of carbonyl (C=O) groups excluding carboxylic acids is 1. The summed E-state index contributed by atoms with van der Waals surface area (Å²) in [5.74, 6) is -0.117. The average molecular weight is 307 g/mol. The van der Waals surface area contributed by atoms with E-state index in [9.17, 15) is 15.0 Å².